The summed E-state index contributed by atoms with van der Waals surface area (Å²) in [6.07, 6.45) is 43.8. The van der Waals surface area contributed by atoms with E-state index in [1.807, 2.05) is 9.44 Å². The van der Waals surface area contributed by atoms with Crippen molar-refractivity contribution in [1.82, 2.24) is 9.44 Å². The van der Waals surface area contributed by atoms with Crippen molar-refractivity contribution in [3.63, 3.8) is 0 Å². The van der Waals surface area contributed by atoms with E-state index in [-0.39, 0.29) is 37.7 Å². The first-order valence-electron chi connectivity index (χ1n) is 21.7. The maximum absolute atomic E-state index is 11.4. The number of hydrogen-bond acceptors (Lipinski definition) is 8. The summed E-state index contributed by atoms with van der Waals surface area (Å²) in [5, 5.41) is 22.5. The largest absolute Gasteiger partial charge is 2.00 e. The van der Waals surface area contributed by atoms with Gasteiger partial charge in [-0.25, -0.2) is 26.3 Å². The topological polar surface area (TPSA) is 173 Å². The smallest absolute Gasteiger partial charge is 0.549 e. The number of carbonyl (C=O) groups excluding carboxylic acids is 2. The van der Waals surface area contributed by atoms with Crippen LogP contribution in [0.5, 0.6) is 0 Å². The third-order valence-corrected chi connectivity index (χ3v) is 11.5. The molecule has 0 rings (SSSR count). The predicted octanol–water partition coefficient (Wildman–Crippen LogP) is 8.48. The van der Waals surface area contributed by atoms with E-state index in [1.54, 1.807) is 12.2 Å². The Morgan fingerprint density at radius 3 is 0.800 bits per heavy atom. The van der Waals surface area contributed by atoms with Crippen LogP contribution in [-0.4, -0.2) is 79.6 Å². The Morgan fingerprint density at radius 2 is 0.600 bits per heavy atom. The van der Waals surface area contributed by atoms with E-state index in [0.717, 1.165) is 36.5 Å². The molecular formula is C42H80CaN2O8S2. The molecule has 0 aliphatic rings. The number of sulfonamides is 2. The van der Waals surface area contributed by atoms with Gasteiger partial charge in [0.15, 0.2) is 0 Å². The normalized spacial score (nSPS) is 11.8. The fourth-order valence-corrected chi connectivity index (χ4v) is 7.68. The van der Waals surface area contributed by atoms with Crippen LogP contribution in [0.4, 0.5) is 0 Å². The van der Waals surface area contributed by atoms with Crippen molar-refractivity contribution >= 4 is 69.7 Å². The molecule has 2 N–H and O–H groups in total. The second-order valence-electron chi connectivity index (χ2n) is 14.7. The van der Waals surface area contributed by atoms with Crippen molar-refractivity contribution in [2.45, 2.75) is 219 Å². The first-order valence-corrected chi connectivity index (χ1v) is 24.8. The molecular weight excluding hydrogens is 765 g/mol. The number of carboxylic acids is 2. The van der Waals surface area contributed by atoms with E-state index in [9.17, 15) is 36.6 Å². The molecule has 0 aliphatic heterocycles. The van der Waals surface area contributed by atoms with Crippen molar-refractivity contribution in [1.29, 1.82) is 0 Å². The van der Waals surface area contributed by atoms with Crippen molar-refractivity contribution < 1.29 is 36.6 Å². The number of aliphatic carboxylic acids is 2. The van der Waals surface area contributed by atoms with Crippen LogP contribution in [-0.2, 0) is 29.6 Å². The Morgan fingerprint density at radius 1 is 0.400 bits per heavy atom. The molecule has 0 saturated carbocycles. The SMILES string of the molecule is CCCCCCCCCCCCCCCCC/C=C/S(=O)(=O)NCC(=O)[O-].CCCCCCCCCCCCCCCCC/C=C/S(=O)(=O)NCC(=O)[O-].[Ca+2]. The zero-order chi connectivity index (χ0) is 40.4. The van der Waals surface area contributed by atoms with Gasteiger partial charge in [0.05, 0.1) is 25.0 Å². The fourth-order valence-electron chi connectivity index (χ4n) is 6.07. The van der Waals surface area contributed by atoms with Gasteiger partial charge in [-0.1, -0.05) is 206 Å². The third kappa shape index (κ3) is 53.5. The Labute approximate surface area is 368 Å². The number of nitrogens with one attached hydrogen (secondary N) is 2. The Hall–Kier alpha value is -0.500. The summed E-state index contributed by atoms with van der Waals surface area (Å²) in [6, 6.07) is 0. The molecule has 13 heteroatoms. The monoisotopic (exact) mass is 844 g/mol. The van der Waals surface area contributed by atoms with Gasteiger partial charge in [-0.15, -0.1) is 0 Å². The summed E-state index contributed by atoms with van der Waals surface area (Å²) in [7, 11) is -7.30. The molecule has 0 atom stereocenters. The summed E-state index contributed by atoms with van der Waals surface area (Å²) in [4.78, 5) is 20.4. The molecule has 0 aromatic heterocycles. The zero-order valence-electron chi connectivity index (χ0n) is 35.1. The van der Waals surface area contributed by atoms with Crippen LogP contribution in [0.25, 0.3) is 0 Å². The molecule has 0 spiro atoms. The maximum Gasteiger partial charge on any atom is 2.00 e. The molecule has 0 fully saturated rings. The van der Waals surface area contributed by atoms with Crippen LogP contribution in [0, 0.1) is 0 Å². The molecule has 0 unspecified atom stereocenters. The van der Waals surface area contributed by atoms with E-state index in [2.05, 4.69) is 13.8 Å². The molecule has 320 valence electrons. The molecule has 55 heavy (non-hydrogen) atoms. The summed E-state index contributed by atoms with van der Waals surface area (Å²) in [6.45, 7) is 3.14. The first kappa shape index (κ1) is 58.8. The maximum atomic E-state index is 11.4. The molecule has 0 bridgehead atoms. The number of carbonyl (C=O) groups is 2. The van der Waals surface area contributed by atoms with E-state index in [0.29, 0.717) is 12.8 Å². The van der Waals surface area contributed by atoms with Crippen molar-refractivity contribution in [3.05, 3.63) is 23.0 Å². The number of allylic oxidation sites excluding steroid dienone is 2. The van der Waals surface area contributed by atoms with Crippen molar-refractivity contribution in [2.75, 3.05) is 13.1 Å². The number of rotatable bonds is 40. The molecule has 0 saturated heterocycles. The number of unbranched alkanes of at least 4 members (excludes halogenated alkanes) is 30. The van der Waals surface area contributed by atoms with Gasteiger partial charge >= 0.3 is 37.7 Å². The average Bonchev–Trinajstić information content (AvgIpc) is 3.13. The van der Waals surface area contributed by atoms with Crippen LogP contribution in [0.3, 0.4) is 0 Å². The minimum Gasteiger partial charge on any atom is -0.549 e. The molecule has 0 heterocycles. The van der Waals surface area contributed by atoms with Gasteiger partial charge in [0.2, 0.25) is 20.0 Å². The van der Waals surface area contributed by atoms with Gasteiger partial charge in [-0.05, 0) is 25.7 Å². The second kappa shape index (κ2) is 44.6. The van der Waals surface area contributed by atoms with Crippen LogP contribution >= 0.6 is 0 Å². The molecule has 0 radical (unpaired) electrons. The van der Waals surface area contributed by atoms with E-state index >= 15 is 0 Å². The molecule has 0 aromatic rings. The van der Waals surface area contributed by atoms with E-state index < -0.39 is 45.1 Å². The minimum atomic E-state index is -3.65. The Kier molecular flexibility index (Phi) is 47.7. The van der Waals surface area contributed by atoms with E-state index in [4.69, 9.17) is 0 Å². The summed E-state index contributed by atoms with van der Waals surface area (Å²) >= 11 is 0. The van der Waals surface area contributed by atoms with Crippen LogP contribution in [0.15, 0.2) is 23.0 Å². The summed E-state index contributed by atoms with van der Waals surface area (Å²) < 4.78 is 49.5. The van der Waals surface area contributed by atoms with Crippen molar-refractivity contribution in [3.8, 4) is 0 Å². The molecule has 0 aromatic carbocycles. The van der Waals surface area contributed by atoms with Crippen LogP contribution in [0.2, 0.25) is 0 Å². The van der Waals surface area contributed by atoms with Crippen molar-refractivity contribution in [2.24, 2.45) is 0 Å². The molecule has 0 amide bonds. The average molecular weight is 845 g/mol. The van der Waals surface area contributed by atoms with Crippen LogP contribution < -0.4 is 19.7 Å². The quantitative estimate of drug-likeness (QED) is 0.0457. The van der Waals surface area contributed by atoms with Gasteiger partial charge in [0.1, 0.15) is 0 Å². The van der Waals surface area contributed by atoms with Gasteiger partial charge in [-0.3, -0.25) is 0 Å². The second-order valence-corrected chi connectivity index (χ2v) is 18.0. The minimum absolute atomic E-state index is 0. The number of hydrogen-bond donors (Lipinski definition) is 2. The summed E-state index contributed by atoms with van der Waals surface area (Å²) in [5.41, 5.74) is 0. The van der Waals surface area contributed by atoms with E-state index in [1.165, 1.54) is 167 Å². The summed E-state index contributed by atoms with van der Waals surface area (Å²) in [5.74, 6) is -2.87. The zero-order valence-corrected chi connectivity index (χ0v) is 39.0. The molecule has 0 aliphatic carbocycles. The van der Waals surface area contributed by atoms with Gasteiger partial charge < -0.3 is 19.8 Å². The first-order chi connectivity index (χ1) is 26.0. The third-order valence-electron chi connectivity index (χ3n) is 9.33. The predicted molar refractivity (Wildman–Crippen MR) is 227 cm³/mol. The fraction of sp³-hybridized carbons (Fsp3) is 0.857. The Balaban J connectivity index is -0.000000966. The standard InChI is InChI=1S/2C21H41NO4S.Ca/c2*1-2-3-4-5-6-7-8-9-10-11-12-13-14-15-16-17-18-19-27(25,26)22-20-21(23)24;/h2*18-19,22H,2-17,20H2,1H3,(H,23,24);/q;;+2/p-2/b2*19-18+;. The number of carboxylic acid groups (broad SMARTS) is 2. The Bertz CT molecular complexity index is 1040. The molecule has 10 nitrogen and oxygen atoms in total. The van der Waals surface area contributed by atoms with Gasteiger partial charge in [-0.2, -0.15) is 0 Å². The van der Waals surface area contributed by atoms with Gasteiger partial charge in [0, 0.05) is 10.8 Å². The van der Waals surface area contributed by atoms with Crippen LogP contribution in [0.1, 0.15) is 219 Å². The van der Waals surface area contributed by atoms with Gasteiger partial charge in [0.25, 0.3) is 0 Å².